The summed E-state index contributed by atoms with van der Waals surface area (Å²) in [5, 5.41) is 16.1. The number of primary sulfonamides is 1. The molecule has 0 aromatic heterocycles. The van der Waals surface area contributed by atoms with Gasteiger partial charge in [-0.05, 0) is 53.4 Å². The Bertz CT molecular complexity index is 1770. The van der Waals surface area contributed by atoms with E-state index in [0.717, 1.165) is 5.56 Å². The van der Waals surface area contributed by atoms with E-state index < -0.39 is 22.0 Å². The number of anilines is 1. The van der Waals surface area contributed by atoms with Crippen molar-refractivity contribution in [3.63, 3.8) is 0 Å². The van der Waals surface area contributed by atoms with Crippen molar-refractivity contribution < 1.29 is 18.0 Å². The molecule has 6 N–H and O–H groups in total. The molecule has 4 aromatic carbocycles. The summed E-state index contributed by atoms with van der Waals surface area (Å²) in [5.41, 5.74) is 10.1. The molecule has 0 saturated heterocycles. The van der Waals surface area contributed by atoms with Crippen molar-refractivity contribution in [1.29, 1.82) is 5.41 Å². The van der Waals surface area contributed by atoms with Gasteiger partial charge in [-0.15, -0.1) is 0 Å². The average molecular weight is 554 g/mol. The zero-order valence-electron chi connectivity index (χ0n) is 21.6. The number of nitrogens with one attached hydrogen (secondary N) is 2. The van der Waals surface area contributed by atoms with Gasteiger partial charge in [-0.3, -0.25) is 15.0 Å². The first-order valence-corrected chi connectivity index (χ1v) is 14.0. The number of fused-ring (bicyclic) bond motifs is 1. The Hall–Kier alpha value is -4.80. The zero-order valence-corrected chi connectivity index (χ0v) is 22.4. The molecule has 0 fully saturated rings. The highest BCUT2D eigenvalue weighted by Crippen LogP contribution is 2.36. The Balaban J connectivity index is 1.52. The summed E-state index contributed by atoms with van der Waals surface area (Å²) in [4.78, 5) is 28.9. The number of amides is 2. The van der Waals surface area contributed by atoms with Crippen LogP contribution < -0.4 is 16.2 Å². The third-order valence-corrected chi connectivity index (χ3v) is 7.89. The monoisotopic (exact) mass is 553 g/mol. The molecule has 0 aliphatic carbocycles. The van der Waals surface area contributed by atoms with E-state index in [2.05, 4.69) is 5.32 Å². The van der Waals surface area contributed by atoms with Crippen molar-refractivity contribution in [3.05, 3.63) is 119 Å². The predicted octanol–water partition coefficient (Wildman–Crippen LogP) is 3.93. The van der Waals surface area contributed by atoms with E-state index in [-0.39, 0.29) is 23.2 Å². The average Bonchev–Trinajstić information content (AvgIpc) is 3.25. The normalized spacial score (nSPS) is 13.6. The second-order valence-electron chi connectivity index (χ2n) is 9.59. The Morgan fingerprint density at radius 2 is 1.65 bits per heavy atom. The quantitative estimate of drug-likeness (QED) is 0.201. The number of carbonyl (C=O) groups is 2. The Morgan fingerprint density at radius 1 is 0.950 bits per heavy atom. The minimum Gasteiger partial charge on any atom is -0.384 e. The Morgan fingerprint density at radius 3 is 2.35 bits per heavy atom. The molecular formula is C30H27N5O4S. The second-order valence-corrected chi connectivity index (χ2v) is 11.1. The molecule has 10 heteroatoms. The molecule has 0 bridgehead atoms. The number of hydrogen-bond acceptors (Lipinski definition) is 5. The largest absolute Gasteiger partial charge is 0.384 e. The summed E-state index contributed by atoms with van der Waals surface area (Å²) in [6, 6.07) is 24.6. The first-order valence-electron chi connectivity index (χ1n) is 12.4. The molecule has 0 spiro atoms. The molecule has 0 saturated carbocycles. The van der Waals surface area contributed by atoms with Gasteiger partial charge in [0.15, 0.2) is 0 Å². The maximum atomic E-state index is 13.8. The molecule has 9 nitrogen and oxygen atoms in total. The van der Waals surface area contributed by atoms with Crippen LogP contribution >= 0.6 is 0 Å². The van der Waals surface area contributed by atoms with Crippen LogP contribution in [0.25, 0.3) is 11.1 Å². The fourth-order valence-corrected chi connectivity index (χ4v) is 5.67. The van der Waals surface area contributed by atoms with E-state index in [1.54, 1.807) is 78.9 Å². The molecule has 1 aliphatic heterocycles. The molecule has 0 radical (unpaired) electrons. The van der Waals surface area contributed by atoms with Crippen LogP contribution in [0.5, 0.6) is 0 Å². The van der Waals surface area contributed by atoms with Crippen LogP contribution in [0, 0.1) is 12.3 Å². The van der Waals surface area contributed by atoms with Gasteiger partial charge >= 0.3 is 0 Å². The predicted molar refractivity (Wildman–Crippen MR) is 153 cm³/mol. The minimum atomic E-state index is -3.97. The molecule has 1 heterocycles. The summed E-state index contributed by atoms with van der Waals surface area (Å²) in [7, 11) is -3.97. The van der Waals surface area contributed by atoms with Gasteiger partial charge in [0, 0.05) is 28.9 Å². The van der Waals surface area contributed by atoms with Crippen molar-refractivity contribution in [2.24, 2.45) is 10.9 Å². The second kappa shape index (κ2) is 10.4. The fraction of sp³-hybridized carbons (Fsp3) is 0.100. The third kappa shape index (κ3) is 5.09. The molecule has 2 amide bonds. The number of nitrogens with two attached hydrogens (primary N) is 2. The Kier molecular flexibility index (Phi) is 6.97. The van der Waals surface area contributed by atoms with Gasteiger partial charge in [0.2, 0.25) is 10.0 Å². The van der Waals surface area contributed by atoms with Crippen LogP contribution in [-0.4, -0.2) is 31.0 Å². The van der Waals surface area contributed by atoms with Gasteiger partial charge in [-0.25, -0.2) is 13.6 Å². The topological polar surface area (TPSA) is 159 Å². The number of hydrogen-bond donors (Lipinski definition) is 4. The summed E-state index contributed by atoms with van der Waals surface area (Å²) in [5.74, 6) is -0.865. The zero-order chi connectivity index (χ0) is 28.6. The van der Waals surface area contributed by atoms with Crippen molar-refractivity contribution in [2.45, 2.75) is 24.4 Å². The van der Waals surface area contributed by atoms with Gasteiger partial charge in [0.1, 0.15) is 11.9 Å². The van der Waals surface area contributed by atoms with Crippen LogP contribution in [0.3, 0.4) is 0 Å². The molecule has 40 heavy (non-hydrogen) atoms. The van der Waals surface area contributed by atoms with E-state index in [4.69, 9.17) is 16.3 Å². The lowest BCUT2D eigenvalue weighted by atomic mass is 10.0. The molecular weight excluding hydrogens is 526 g/mol. The molecule has 5 rings (SSSR count). The molecule has 1 unspecified atom stereocenters. The lowest BCUT2D eigenvalue weighted by Crippen LogP contribution is -2.37. The number of sulfonamides is 1. The van der Waals surface area contributed by atoms with Crippen molar-refractivity contribution in [2.75, 3.05) is 5.32 Å². The summed E-state index contributed by atoms with van der Waals surface area (Å²) < 4.78 is 24.3. The SMILES string of the molecule is Cc1ccc(C(=N)N)cc1NC(=O)C(c1ccccc1)N1Cc2cc(-c3ccccc3S(N)(=O)=O)ccc2C1=O. The maximum absolute atomic E-state index is 13.8. The summed E-state index contributed by atoms with van der Waals surface area (Å²) in [6.07, 6.45) is 0. The highest BCUT2D eigenvalue weighted by Gasteiger charge is 2.38. The van der Waals surface area contributed by atoms with Crippen LogP contribution in [0.4, 0.5) is 5.69 Å². The summed E-state index contributed by atoms with van der Waals surface area (Å²) >= 11 is 0. The highest BCUT2D eigenvalue weighted by atomic mass is 32.2. The van der Waals surface area contributed by atoms with E-state index in [1.165, 1.54) is 11.0 Å². The Labute approximate surface area is 232 Å². The number of carbonyl (C=O) groups excluding carboxylic acids is 2. The fourth-order valence-electron chi connectivity index (χ4n) is 4.91. The smallest absolute Gasteiger partial charge is 0.255 e. The van der Waals surface area contributed by atoms with Gasteiger partial charge in [-0.1, -0.05) is 66.7 Å². The number of benzene rings is 4. The van der Waals surface area contributed by atoms with Gasteiger partial charge in [-0.2, -0.15) is 0 Å². The minimum absolute atomic E-state index is 0.0131. The molecule has 1 aliphatic rings. The number of rotatable bonds is 7. The van der Waals surface area contributed by atoms with E-state index in [0.29, 0.717) is 39.1 Å². The first-order chi connectivity index (χ1) is 19.0. The number of nitrogens with zero attached hydrogens (tertiary/aromatic N) is 1. The van der Waals surface area contributed by atoms with Gasteiger partial charge < -0.3 is 16.0 Å². The standard InChI is InChI=1S/C30H27N5O4S/c1-18-11-12-21(28(31)32)16-25(18)34-29(36)27(19-7-3-2-4-8-19)35-17-22-15-20(13-14-24(22)30(35)37)23-9-5-6-10-26(23)40(33,38)39/h2-16,27H,17H2,1H3,(H3,31,32)(H,34,36)(H2,33,38,39). The maximum Gasteiger partial charge on any atom is 0.255 e. The molecule has 1 atom stereocenters. The van der Waals surface area contributed by atoms with E-state index >= 15 is 0 Å². The van der Waals surface area contributed by atoms with Gasteiger partial charge in [0.25, 0.3) is 11.8 Å². The van der Waals surface area contributed by atoms with Gasteiger partial charge in [0.05, 0.1) is 4.90 Å². The number of amidine groups is 1. The van der Waals surface area contributed by atoms with E-state index in [9.17, 15) is 18.0 Å². The van der Waals surface area contributed by atoms with Crippen LogP contribution in [0.1, 0.15) is 38.7 Å². The molecule has 202 valence electrons. The van der Waals surface area contributed by atoms with Crippen LogP contribution in [0.15, 0.2) is 95.9 Å². The number of nitrogen functional groups attached to an aromatic ring is 1. The summed E-state index contributed by atoms with van der Waals surface area (Å²) in [6.45, 7) is 1.97. The first kappa shape index (κ1) is 26.8. The number of aryl methyl sites for hydroxylation is 1. The molecule has 4 aromatic rings. The van der Waals surface area contributed by atoms with Crippen molar-refractivity contribution >= 4 is 33.4 Å². The van der Waals surface area contributed by atoms with Crippen molar-refractivity contribution in [1.82, 2.24) is 4.90 Å². The van der Waals surface area contributed by atoms with E-state index in [1.807, 2.05) is 13.0 Å². The van der Waals surface area contributed by atoms with Crippen LogP contribution in [0.2, 0.25) is 0 Å². The lowest BCUT2D eigenvalue weighted by Gasteiger charge is -2.27. The van der Waals surface area contributed by atoms with Crippen molar-refractivity contribution in [3.8, 4) is 11.1 Å². The highest BCUT2D eigenvalue weighted by molar-refractivity contribution is 7.89. The van der Waals surface area contributed by atoms with Crippen LogP contribution in [-0.2, 0) is 21.4 Å². The third-order valence-electron chi connectivity index (χ3n) is 6.92. The lowest BCUT2D eigenvalue weighted by molar-refractivity contribution is -0.120.